The summed E-state index contributed by atoms with van der Waals surface area (Å²) in [6.07, 6.45) is -1.01. The summed E-state index contributed by atoms with van der Waals surface area (Å²) in [6.45, 7) is 3.28. The molecule has 0 fully saturated rings. The number of carbonyl (C=O) groups excluding carboxylic acids is 2. The van der Waals surface area contributed by atoms with E-state index in [0.717, 1.165) is 17.7 Å². The molecule has 0 aliphatic carbocycles. The van der Waals surface area contributed by atoms with Gasteiger partial charge in [-0.15, -0.1) is 0 Å². The van der Waals surface area contributed by atoms with Gasteiger partial charge in [-0.3, -0.25) is 4.79 Å². The van der Waals surface area contributed by atoms with E-state index in [0.29, 0.717) is 10.7 Å². The van der Waals surface area contributed by atoms with E-state index in [4.69, 9.17) is 16.3 Å². The Kier molecular flexibility index (Phi) is 5.34. The third kappa shape index (κ3) is 4.53. The standard InChI is InChI=1S/C17H15ClFNO3/c1-10-3-6-13(18)9-15(10)20-16(21)11(2)23-17(22)12-4-7-14(19)8-5-12/h3-9,11H,1-2H3,(H,20,21)/t11-/m0/s1. The molecule has 0 saturated carbocycles. The highest BCUT2D eigenvalue weighted by Crippen LogP contribution is 2.20. The third-order valence-corrected chi connectivity index (χ3v) is 3.43. The molecule has 0 saturated heterocycles. The number of amides is 1. The summed E-state index contributed by atoms with van der Waals surface area (Å²) >= 11 is 5.89. The molecule has 0 radical (unpaired) electrons. The average Bonchev–Trinajstić information content (AvgIpc) is 2.51. The van der Waals surface area contributed by atoms with E-state index in [1.165, 1.54) is 19.1 Å². The van der Waals surface area contributed by atoms with Crippen molar-refractivity contribution in [1.29, 1.82) is 0 Å². The molecule has 4 nitrogen and oxygen atoms in total. The van der Waals surface area contributed by atoms with Gasteiger partial charge in [-0.25, -0.2) is 9.18 Å². The average molecular weight is 336 g/mol. The fraction of sp³-hybridized carbons (Fsp3) is 0.176. The van der Waals surface area contributed by atoms with Crippen molar-refractivity contribution in [2.75, 3.05) is 5.32 Å². The van der Waals surface area contributed by atoms with Gasteiger partial charge in [0.1, 0.15) is 5.82 Å². The third-order valence-electron chi connectivity index (χ3n) is 3.19. The van der Waals surface area contributed by atoms with Gasteiger partial charge in [-0.2, -0.15) is 0 Å². The van der Waals surface area contributed by atoms with E-state index in [2.05, 4.69) is 5.32 Å². The number of esters is 1. The van der Waals surface area contributed by atoms with Gasteiger partial charge in [-0.1, -0.05) is 17.7 Å². The van der Waals surface area contributed by atoms with E-state index in [-0.39, 0.29) is 5.56 Å². The highest BCUT2D eigenvalue weighted by atomic mass is 35.5. The SMILES string of the molecule is Cc1ccc(Cl)cc1NC(=O)[C@H](C)OC(=O)c1ccc(F)cc1. The van der Waals surface area contributed by atoms with E-state index >= 15 is 0 Å². The van der Waals surface area contributed by atoms with E-state index in [9.17, 15) is 14.0 Å². The topological polar surface area (TPSA) is 55.4 Å². The summed E-state index contributed by atoms with van der Waals surface area (Å²) in [5.41, 5.74) is 1.55. The maximum Gasteiger partial charge on any atom is 0.338 e. The number of ether oxygens (including phenoxy) is 1. The van der Waals surface area contributed by atoms with Crippen molar-refractivity contribution in [3.05, 3.63) is 64.4 Å². The van der Waals surface area contributed by atoms with E-state index in [1.54, 1.807) is 18.2 Å². The molecule has 0 bridgehead atoms. The van der Waals surface area contributed by atoms with Crippen molar-refractivity contribution < 1.29 is 18.7 Å². The zero-order valence-electron chi connectivity index (χ0n) is 12.6. The number of hydrogen-bond acceptors (Lipinski definition) is 3. The number of rotatable bonds is 4. The van der Waals surface area contributed by atoms with E-state index < -0.39 is 23.8 Å². The minimum absolute atomic E-state index is 0.171. The fourth-order valence-electron chi connectivity index (χ4n) is 1.83. The molecule has 1 atom stereocenters. The Labute approximate surface area is 138 Å². The van der Waals surface area contributed by atoms with Crippen molar-refractivity contribution in [3.63, 3.8) is 0 Å². The van der Waals surface area contributed by atoms with Crippen LogP contribution in [0.4, 0.5) is 10.1 Å². The monoisotopic (exact) mass is 335 g/mol. The molecule has 0 aliphatic heterocycles. The lowest BCUT2D eigenvalue weighted by Crippen LogP contribution is -2.30. The van der Waals surface area contributed by atoms with Gasteiger partial charge >= 0.3 is 5.97 Å². The molecule has 0 aliphatic rings. The van der Waals surface area contributed by atoms with Crippen LogP contribution in [0.25, 0.3) is 0 Å². The van der Waals surface area contributed by atoms with Crippen molar-refractivity contribution in [2.24, 2.45) is 0 Å². The van der Waals surface area contributed by atoms with E-state index in [1.807, 2.05) is 6.92 Å². The number of anilines is 1. The number of hydrogen-bond donors (Lipinski definition) is 1. The quantitative estimate of drug-likeness (QED) is 0.860. The molecule has 0 unspecified atom stereocenters. The predicted octanol–water partition coefficient (Wildman–Crippen LogP) is 3.97. The molecule has 2 aromatic rings. The number of aryl methyl sites for hydroxylation is 1. The van der Waals surface area contributed by atoms with Gasteiger partial charge in [0.2, 0.25) is 0 Å². The van der Waals surface area contributed by atoms with Crippen molar-refractivity contribution in [2.45, 2.75) is 20.0 Å². The lowest BCUT2D eigenvalue weighted by Gasteiger charge is -2.15. The molecule has 6 heteroatoms. The van der Waals surface area contributed by atoms with Crippen molar-refractivity contribution in [3.8, 4) is 0 Å². The second-order valence-electron chi connectivity index (χ2n) is 5.00. The molecule has 0 heterocycles. The summed E-state index contributed by atoms with van der Waals surface area (Å²) in [5, 5.41) is 3.14. The Hall–Kier alpha value is -2.40. The maximum atomic E-state index is 12.8. The van der Waals surface area contributed by atoms with Crippen LogP contribution in [0.5, 0.6) is 0 Å². The smallest absolute Gasteiger partial charge is 0.338 e. The molecule has 0 spiro atoms. The highest BCUT2D eigenvalue weighted by molar-refractivity contribution is 6.31. The second kappa shape index (κ2) is 7.24. The van der Waals surface area contributed by atoms with Gasteiger partial charge in [-0.05, 0) is 55.8 Å². The second-order valence-corrected chi connectivity index (χ2v) is 5.44. The summed E-state index contributed by atoms with van der Waals surface area (Å²) in [4.78, 5) is 24.0. The minimum atomic E-state index is -1.01. The molecular weight excluding hydrogens is 321 g/mol. The molecular formula is C17H15ClFNO3. The zero-order valence-corrected chi connectivity index (χ0v) is 13.4. The predicted molar refractivity (Wildman–Crippen MR) is 86.1 cm³/mol. The number of nitrogens with one attached hydrogen (secondary N) is 1. The van der Waals surface area contributed by atoms with Crippen LogP contribution in [0.1, 0.15) is 22.8 Å². The van der Waals surface area contributed by atoms with Crippen LogP contribution in [-0.2, 0) is 9.53 Å². The fourth-order valence-corrected chi connectivity index (χ4v) is 2.00. The normalized spacial score (nSPS) is 11.7. The molecule has 2 rings (SSSR count). The summed E-state index contributed by atoms with van der Waals surface area (Å²) in [7, 11) is 0. The minimum Gasteiger partial charge on any atom is -0.449 e. The van der Waals surface area contributed by atoms with Gasteiger partial charge in [0.05, 0.1) is 5.56 Å². The lowest BCUT2D eigenvalue weighted by molar-refractivity contribution is -0.123. The molecule has 1 amide bonds. The number of halogens is 2. The Bertz CT molecular complexity index is 731. The number of carbonyl (C=O) groups is 2. The van der Waals surface area contributed by atoms with Gasteiger partial charge in [0.25, 0.3) is 5.91 Å². The summed E-state index contributed by atoms with van der Waals surface area (Å²) < 4.78 is 17.9. The van der Waals surface area contributed by atoms with Crippen LogP contribution in [0, 0.1) is 12.7 Å². The van der Waals surface area contributed by atoms with Crippen LogP contribution in [0.15, 0.2) is 42.5 Å². The Morgan fingerprint density at radius 3 is 2.48 bits per heavy atom. The largest absolute Gasteiger partial charge is 0.449 e. The van der Waals surface area contributed by atoms with Crippen LogP contribution >= 0.6 is 11.6 Å². The first-order chi connectivity index (χ1) is 10.9. The van der Waals surface area contributed by atoms with Crippen LogP contribution in [0.2, 0.25) is 5.02 Å². The first kappa shape index (κ1) is 17.0. The summed E-state index contributed by atoms with van der Waals surface area (Å²) in [6, 6.07) is 9.99. The Morgan fingerprint density at radius 2 is 1.83 bits per heavy atom. The molecule has 0 aromatic heterocycles. The zero-order chi connectivity index (χ0) is 17.0. The molecule has 23 heavy (non-hydrogen) atoms. The van der Waals surface area contributed by atoms with Crippen LogP contribution < -0.4 is 5.32 Å². The van der Waals surface area contributed by atoms with Crippen LogP contribution in [-0.4, -0.2) is 18.0 Å². The Balaban J connectivity index is 2.01. The Morgan fingerprint density at radius 1 is 1.17 bits per heavy atom. The summed E-state index contributed by atoms with van der Waals surface area (Å²) in [5.74, 6) is -1.63. The molecule has 1 N–H and O–H groups in total. The van der Waals surface area contributed by atoms with Crippen molar-refractivity contribution >= 4 is 29.2 Å². The van der Waals surface area contributed by atoms with Gasteiger partial charge in [0.15, 0.2) is 6.10 Å². The molecule has 2 aromatic carbocycles. The van der Waals surface area contributed by atoms with Crippen LogP contribution in [0.3, 0.4) is 0 Å². The number of benzene rings is 2. The van der Waals surface area contributed by atoms with Crippen molar-refractivity contribution in [1.82, 2.24) is 0 Å². The first-order valence-electron chi connectivity index (χ1n) is 6.90. The maximum absolute atomic E-state index is 12.8. The molecule has 120 valence electrons. The lowest BCUT2D eigenvalue weighted by atomic mass is 10.2. The van der Waals surface area contributed by atoms with Gasteiger partial charge in [0, 0.05) is 10.7 Å². The highest BCUT2D eigenvalue weighted by Gasteiger charge is 2.19. The first-order valence-corrected chi connectivity index (χ1v) is 7.28. The van der Waals surface area contributed by atoms with Gasteiger partial charge < -0.3 is 10.1 Å².